The number of aliphatic hydroxyl groups excluding tert-OH is 1. The SMILES string of the molecule is C1CC1.CC.CC12CCC3C(CC[C@H]4CC5(CCC34C)OCCO5)C1CCC2CCCCO. The Bertz CT molecular complexity index is 609. The minimum atomic E-state index is -0.217. The third-order valence-corrected chi connectivity index (χ3v) is 11.0. The van der Waals surface area contributed by atoms with Gasteiger partial charge in [-0.05, 0) is 98.2 Å². The van der Waals surface area contributed by atoms with E-state index in [-0.39, 0.29) is 5.79 Å². The van der Waals surface area contributed by atoms with E-state index in [2.05, 4.69) is 13.8 Å². The third kappa shape index (κ3) is 5.08. The van der Waals surface area contributed by atoms with Crippen molar-refractivity contribution in [2.45, 2.75) is 130 Å². The fraction of sp³-hybridized carbons (Fsp3) is 1.00. The Labute approximate surface area is 204 Å². The zero-order valence-electron chi connectivity index (χ0n) is 22.4. The first-order valence-electron chi connectivity index (χ1n) is 14.9. The molecule has 0 amide bonds. The van der Waals surface area contributed by atoms with Gasteiger partial charge in [-0.1, -0.05) is 53.4 Å². The summed E-state index contributed by atoms with van der Waals surface area (Å²) < 4.78 is 12.2. The molecule has 6 fully saturated rings. The van der Waals surface area contributed by atoms with Gasteiger partial charge in [-0.3, -0.25) is 0 Å². The summed E-state index contributed by atoms with van der Waals surface area (Å²) in [5.74, 6) is 4.34. The average molecular weight is 463 g/mol. The minimum Gasteiger partial charge on any atom is -0.396 e. The molecule has 192 valence electrons. The Kier molecular flexibility index (Phi) is 8.55. The fourth-order valence-electron chi connectivity index (χ4n) is 9.04. The summed E-state index contributed by atoms with van der Waals surface area (Å²) in [4.78, 5) is 0. The van der Waals surface area contributed by atoms with Crippen molar-refractivity contribution in [3.05, 3.63) is 0 Å². The highest BCUT2D eigenvalue weighted by Gasteiger charge is 2.61. The van der Waals surface area contributed by atoms with Gasteiger partial charge < -0.3 is 14.6 Å². The van der Waals surface area contributed by atoms with Crippen molar-refractivity contribution >= 4 is 0 Å². The highest BCUT2D eigenvalue weighted by atomic mass is 16.7. The van der Waals surface area contributed by atoms with Gasteiger partial charge in [0.15, 0.2) is 5.79 Å². The van der Waals surface area contributed by atoms with Gasteiger partial charge in [-0.25, -0.2) is 0 Å². The summed E-state index contributed by atoms with van der Waals surface area (Å²) in [5.41, 5.74) is 1.09. The van der Waals surface area contributed by atoms with Gasteiger partial charge in [0.1, 0.15) is 0 Å². The lowest BCUT2D eigenvalue weighted by Gasteiger charge is -2.62. The van der Waals surface area contributed by atoms with Crippen molar-refractivity contribution in [1.82, 2.24) is 0 Å². The van der Waals surface area contributed by atoms with Crippen molar-refractivity contribution in [2.75, 3.05) is 19.8 Å². The zero-order valence-corrected chi connectivity index (χ0v) is 22.4. The molecule has 6 aliphatic rings. The number of hydrogen-bond acceptors (Lipinski definition) is 3. The van der Waals surface area contributed by atoms with Gasteiger partial charge >= 0.3 is 0 Å². The van der Waals surface area contributed by atoms with Gasteiger partial charge in [0, 0.05) is 19.4 Å². The van der Waals surface area contributed by atoms with Crippen LogP contribution in [0.2, 0.25) is 0 Å². The number of fused-ring (bicyclic) bond motifs is 5. The molecule has 0 bridgehead atoms. The summed E-state index contributed by atoms with van der Waals surface area (Å²) in [6.07, 6.45) is 20.3. The van der Waals surface area contributed by atoms with Crippen molar-refractivity contribution in [1.29, 1.82) is 0 Å². The first-order valence-corrected chi connectivity index (χ1v) is 14.9. The quantitative estimate of drug-likeness (QED) is 0.434. The Morgan fingerprint density at radius 2 is 1.45 bits per heavy atom. The van der Waals surface area contributed by atoms with Crippen molar-refractivity contribution in [2.24, 2.45) is 40.4 Å². The third-order valence-electron chi connectivity index (χ3n) is 11.0. The molecule has 0 aromatic carbocycles. The molecule has 3 heteroatoms. The second kappa shape index (κ2) is 10.9. The van der Waals surface area contributed by atoms with Crippen LogP contribution in [0.4, 0.5) is 0 Å². The Morgan fingerprint density at radius 3 is 2.12 bits per heavy atom. The standard InChI is InChI=1S/C25H42O3.C3H6.C2H6/c1-23-11-10-22-20(21(23)9-7-18(23)5-3-4-14-26)8-6-19-17-25(27-15-16-28-25)13-12-24(19,22)2;1-2-3-1;1-2/h18-22,26H,3-17H2,1-2H3;1-3H2;1-2H3/t18?,19-,20?,21?,22?,23?,24?;;/m0../s1. The van der Waals surface area contributed by atoms with Crippen LogP contribution in [0.25, 0.3) is 0 Å². The Hall–Kier alpha value is -0.120. The van der Waals surface area contributed by atoms with Gasteiger partial charge in [0.05, 0.1) is 13.2 Å². The molecule has 0 aromatic heterocycles. The predicted octanol–water partition coefficient (Wildman–Crippen LogP) is 7.75. The average Bonchev–Trinajstić information content (AvgIpc) is 3.59. The van der Waals surface area contributed by atoms with Gasteiger partial charge in [0.25, 0.3) is 0 Å². The molecule has 1 aliphatic heterocycles. The van der Waals surface area contributed by atoms with E-state index >= 15 is 0 Å². The van der Waals surface area contributed by atoms with Crippen molar-refractivity contribution < 1.29 is 14.6 Å². The van der Waals surface area contributed by atoms with Crippen LogP contribution < -0.4 is 0 Å². The van der Waals surface area contributed by atoms with E-state index in [0.717, 1.165) is 62.1 Å². The molecule has 3 nitrogen and oxygen atoms in total. The lowest BCUT2D eigenvalue weighted by Crippen LogP contribution is -2.56. The van der Waals surface area contributed by atoms with Gasteiger partial charge in [-0.15, -0.1) is 0 Å². The van der Waals surface area contributed by atoms with Crippen LogP contribution in [0.1, 0.15) is 124 Å². The van der Waals surface area contributed by atoms with E-state index in [0.29, 0.717) is 17.4 Å². The number of unbranched alkanes of at least 4 members (excludes halogenated alkanes) is 1. The van der Waals surface area contributed by atoms with Gasteiger partial charge in [0.2, 0.25) is 0 Å². The molecule has 5 saturated carbocycles. The molecule has 7 atom stereocenters. The molecular weight excluding hydrogens is 408 g/mol. The molecule has 0 radical (unpaired) electrons. The van der Waals surface area contributed by atoms with Crippen molar-refractivity contribution in [3.8, 4) is 0 Å². The summed E-state index contributed by atoms with van der Waals surface area (Å²) >= 11 is 0. The summed E-state index contributed by atoms with van der Waals surface area (Å²) in [6, 6.07) is 0. The smallest absolute Gasteiger partial charge is 0.168 e. The van der Waals surface area contributed by atoms with E-state index in [1.807, 2.05) is 13.8 Å². The van der Waals surface area contributed by atoms with Crippen LogP contribution >= 0.6 is 0 Å². The second-order valence-electron chi connectivity index (χ2n) is 12.6. The molecule has 6 rings (SSSR count). The highest BCUT2D eigenvalue weighted by Crippen LogP contribution is 2.68. The van der Waals surface area contributed by atoms with E-state index in [1.165, 1.54) is 77.0 Å². The molecular formula is C30H54O3. The van der Waals surface area contributed by atoms with Crippen molar-refractivity contribution in [3.63, 3.8) is 0 Å². The number of aliphatic hydroxyl groups is 1. The van der Waals surface area contributed by atoms with Crippen LogP contribution in [-0.4, -0.2) is 30.7 Å². The maximum absolute atomic E-state index is 9.19. The number of hydrogen-bond donors (Lipinski definition) is 1. The molecule has 1 N–H and O–H groups in total. The largest absolute Gasteiger partial charge is 0.396 e. The summed E-state index contributed by atoms with van der Waals surface area (Å²) in [7, 11) is 0. The summed E-state index contributed by atoms with van der Waals surface area (Å²) in [6.45, 7) is 11.3. The monoisotopic (exact) mass is 462 g/mol. The molecule has 1 saturated heterocycles. The Balaban J connectivity index is 0.000000470. The van der Waals surface area contributed by atoms with Crippen LogP contribution in [0.15, 0.2) is 0 Å². The lowest BCUT2D eigenvalue weighted by atomic mass is 9.44. The zero-order chi connectivity index (χ0) is 23.5. The lowest BCUT2D eigenvalue weighted by molar-refractivity contribution is -0.229. The topological polar surface area (TPSA) is 38.7 Å². The number of ether oxygens (including phenoxy) is 2. The first-order chi connectivity index (χ1) is 16.0. The van der Waals surface area contributed by atoms with E-state index in [4.69, 9.17) is 9.47 Å². The Morgan fingerprint density at radius 1 is 0.758 bits per heavy atom. The van der Waals surface area contributed by atoms with E-state index in [1.54, 1.807) is 0 Å². The van der Waals surface area contributed by atoms with Gasteiger partial charge in [-0.2, -0.15) is 0 Å². The molecule has 1 heterocycles. The van der Waals surface area contributed by atoms with Crippen LogP contribution in [0.5, 0.6) is 0 Å². The molecule has 33 heavy (non-hydrogen) atoms. The minimum absolute atomic E-state index is 0.217. The maximum Gasteiger partial charge on any atom is 0.168 e. The predicted molar refractivity (Wildman–Crippen MR) is 136 cm³/mol. The molecule has 1 spiro atoms. The second-order valence-corrected chi connectivity index (χ2v) is 12.6. The normalized spacial score (nSPS) is 44.5. The molecule has 6 unspecified atom stereocenters. The van der Waals surface area contributed by atoms with E-state index < -0.39 is 0 Å². The van der Waals surface area contributed by atoms with Crippen LogP contribution in [-0.2, 0) is 9.47 Å². The van der Waals surface area contributed by atoms with Crippen LogP contribution in [0.3, 0.4) is 0 Å². The fourth-order valence-corrected chi connectivity index (χ4v) is 9.04. The molecule has 5 aliphatic carbocycles. The maximum atomic E-state index is 9.19. The highest BCUT2D eigenvalue weighted by molar-refractivity contribution is 5.10. The summed E-state index contributed by atoms with van der Waals surface area (Å²) in [5, 5.41) is 9.19. The number of rotatable bonds is 4. The first kappa shape index (κ1) is 26.0. The van der Waals surface area contributed by atoms with Crippen LogP contribution in [0, 0.1) is 40.4 Å². The molecule has 0 aromatic rings. The van der Waals surface area contributed by atoms with E-state index in [9.17, 15) is 5.11 Å².